The Bertz CT molecular complexity index is 1040. The maximum Gasteiger partial charge on any atom is 0.254 e. The number of amides is 2. The lowest BCUT2D eigenvalue weighted by Crippen LogP contribution is -2.42. The van der Waals surface area contributed by atoms with Gasteiger partial charge in [-0.05, 0) is 35.9 Å². The molecule has 160 valence electrons. The first-order valence-corrected chi connectivity index (χ1v) is 10.9. The first-order chi connectivity index (χ1) is 15.1. The number of carbonyl (C=O) groups excluding carboxylic acids is 2. The second-order valence-electron chi connectivity index (χ2n) is 7.34. The van der Waals surface area contributed by atoms with Crippen LogP contribution in [0.5, 0.6) is 0 Å². The molecule has 1 unspecified atom stereocenters. The minimum Gasteiger partial charge on any atom is -0.370 e. The number of benzene rings is 2. The number of aryl methyl sites for hydroxylation is 1. The Balaban J connectivity index is 1.37. The van der Waals surface area contributed by atoms with Crippen LogP contribution in [0.1, 0.15) is 28.4 Å². The smallest absolute Gasteiger partial charge is 0.254 e. The standard InChI is InChI=1S/C23H23BrN4O3/c24-19-6-4-17(5-7-19)21-15-28(12-13-31-21)23(30)18-2-1-3-20(14-18)26-22(29)8-10-27-11-9-25-16-27/h1-7,9,11,14,16,21H,8,10,12-13,15H2,(H,26,29). The van der Waals surface area contributed by atoms with Gasteiger partial charge in [-0.1, -0.05) is 34.1 Å². The van der Waals surface area contributed by atoms with Crippen molar-refractivity contribution in [2.75, 3.05) is 25.0 Å². The third kappa shape index (κ3) is 5.59. The normalized spacial score (nSPS) is 16.2. The molecule has 0 saturated carbocycles. The van der Waals surface area contributed by atoms with Crippen molar-refractivity contribution in [3.05, 3.63) is 82.9 Å². The molecule has 1 saturated heterocycles. The number of imidazole rings is 1. The van der Waals surface area contributed by atoms with E-state index in [9.17, 15) is 9.59 Å². The molecule has 2 amide bonds. The van der Waals surface area contributed by atoms with Crippen LogP contribution >= 0.6 is 15.9 Å². The molecule has 4 rings (SSSR count). The molecule has 1 aliphatic heterocycles. The number of morpholine rings is 1. The third-order valence-electron chi connectivity index (χ3n) is 5.14. The summed E-state index contributed by atoms with van der Waals surface area (Å²) in [6.45, 7) is 2.06. The predicted molar refractivity (Wildman–Crippen MR) is 121 cm³/mol. The molecule has 1 aromatic heterocycles. The summed E-state index contributed by atoms with van der Waals surface area (Å²) in [5.74, 6) is -0.181. The second kappa shape index (κ2) is 9.89. The molecule has 1 N–H and O–H groups in total. The van der Waals surface area contributed by atoms with Crippen LogP contribution in [-0.2, 0) is 16.1 Å². The van der Waals surface area contributed by atoms with Gasteiger partial charge in [0.1, 0.15) is 6.10 Å². The van der Waals surface area contributed by atoms with Crippen LogP contribution in [0.25, 0.3) is 0 Å². The van der Waals surface area contributed by atoms with Crippen LogP contribution in [0, 0.1) is 0 Å². The van der Waals surface area contributed by atoms with Crippen molar-refractivity contribution in [2.24, 2.45) is 0 Å². The summed E-state index contributed by atoms with van der Waals surface area (Å²) in [5.41, 5.74) is 2.20. The topological polar surface area (TPSA) is 76.5 Å². The molecule has 7 nitrogen and oxygen atoms in total. The number of hydrogen-bond donors (Lipinski definition) is 1. The van der Waals surface area contributed by atoms with Gasteiger partial charge in [0.05, 0.1) is 19.5 Å². The Morgan fingerprint density at radius 3 is 2.81 bits per heavy atom. The second-order valence-corrected chi connectivity index (χ2v) is 8.26. The minimum atomic E-state index is -0.156. The average molecular weight is 483 g/mol. The van der Waals surface area contributed by atoms with Gasteiger partial charge in [-0.15, -0.1) is 0 Å². The number of anilines is 1. The largest absolute Gasteiger partial charge is 0.370 e. The monoisotopic (exact) mass is 482 g/mol. The van der Waals surface area contributed by atoms with E-state index in [4.69, 9.17) is 4.74 Å². The highest BCUT2D eigenvalue weighted by Crippen LogP contribution is 2.25. The van der Waals surface area contributed by atoms with E-state index in [0.717, 1.165) is 10.0 Å². The zero-order valence-corrected chi connectivity index (χ0v) is 18.5. The molecule has 0 aliphatic carbocycles. The van der Waals surface area contributed by atoms with Gasteiger partial charge >= 0.3 is 0 Å². The van der Waals surface area contributed by atoms with Crippen LogP contribution in [0.15, 0.2) is 71.7 Å². The summed E-state index contributed by atoms with van der Waals surface area (Å²) in [4.78, 5) is 31.1. The number of aromatic nitrogens is 2. The average Bonchev–Trinajstić information content (AvgIpc) is 3.32. The molecule has 2 heterocycles. The number of nitrogens with zero attached hydrogens (tertiary/aromatic N) is 3. The van der Waals surface area contributed by atoms with E-state index in [2.05, 4.69) is 26.2 Å². The highest BCUT2D eigenvalue weighted by Gasteiger charge is 2.26. The Morgan fingerprint density at radius 1 is 1.19 bits per heavy atom. The number of halogens is 1. The molecule has 1 fully saturated rings. The maximum atomic E-state index is 13.1. The summed E-state index contributed by atoms with van der Waals surface area (Å²) < 4.78 is 8.73. The van der Waals surface area contributed by atoms with Crippen molar-refractivity contribution >= 4 is 33.4 Å². The van der Waals surface area contributed by atoms with Crippen LogP contribution in [0.3, 0.4) is 0 Å². The molecule has 8 heteroatoms. The molecule has 0 radical (unpaired) electrons. The maximum absolute atomic E-state index is 13.1. The molecule has 2 aromatic carbocycles. The summed E-state index contributed by atoms with van der Waals surface area (Å²) >= 11 is 3.44. The Hall–Kier alpha value is -2.97. The van der Waals surface area contributed by atoms with Gasteiger partial charge in [0.2, 0.25) is 5.91 Å². The van der Waals surface area contributed by atoms with Crippen molar-refractivity contribution in [1.82, 2.24) is 14.5 Å². The Labute approximate surface area is 189 Å². The van der Waals surface area contributed by atoms with E-state index >= 15 is 0 Å². The van der Waals surface area contributed by atoms with Crippen LogP contribution in [0.2, 0.25) is 0 Å². The molecule has 31 heavy (non-hydrogen) atoms. The minimum absolute atomic E-state index is 0.0695. The fraction of sp³-hybridized carbons (Fsp3) is 0.261. The zero-order chi connectivity index (χ0) is 21.6. The Morgan fingerprint density at radius 2 is 2.03 bits per heavy atom. The first kappa shape index (κ1) is 21.3. The van der Waals surface area contributed by atoms with Crippen LogP contribution < -0.4 is 5.32 Å². The van der Waals surface area contributed by atoms with E-state index in [-0.39, 0.29) is 17.9 Å². The number of ether oxygens (including phenoxy) is 1. The van der Waals surface area contributed by atoms with E-state index in [1.165, 1.54) is 0 Å². The SMILES string of the molecule is O=C(CCn1ccnc1)Nc1cccc(C(=O)N2CCOC(c3ccc(Br)cc3)C2)c1. The number of carbonyl (C=O) groups is 2. The van der Waals surface area contributed by atoms with Crippen LogP contribution in [-0.4, -0.2) is 46.0 Å². The van der Waals surface area contributed by atoms with Crippen molar-refractivity contribution in [2.45, 2.75) is 19.1 Å². The fourth-order valence-corrected chi connectivity index (χ4v) is 3.76. The molecule has 1 atom stereocenters. The van der Waals surface area contributed by atoms with Crippen molar-refractivity contribution in [3.63, 3.8) is 0 Å². The van der Waals surface area contributed by atoms with E-state index in [0.29, 0.717) is 43.9 Å². The molecular formula is C23H23BrN4O3. The van der Waals surface area contributed by atoms with Crippen molar-refractivity contribution < 1.29 is 14.3 Å². The van der Waals surface area contributed by atoms with Gasteiger partial charge in [0, 0.05) is 47.6 Å². The predicted octanol–water partition coefficient (Wildman–Crippen LogP) is 3.89. The first-order valence-electron chi connectivity index (χ1n) is 10.1. The summed E-state index contributed by atoms with van der Waals surface area (Å²) in [6, 6.07) is 15.0. The highest BCUT2D eigenvalue weighted by molar-refractivity contribution is 9.10. The Kier molecular flexibility index (Phi) is 6.79. The lowest BCUT2D eigenvalue weighted by Gasteiger charge is -2.33. The highest BCUT2D eigenvalue weighted by atomic mass is 79.9. The summed E-state index contributed by atoms with van der Waals surface area (Å²) in [7, 11) is 0. The lowest BCUT2D eigenvalue weighted by atomic mass is 10.1. The summed E-state index contributed by atoms with van der Waals surface area (Å²) in [5, 5.41) is 2.87. The van der Waals surface area contributed by atoms with E-state index in [1.807, 2.05) is 35.0 Å². The lowest BCUT2D eigenvalue weighted by molar-refractivity contribution is -0.116. The van der Waals surface area contributed by atoms with Gasteiger partial charge in [0.25, 0.3) is 5.91 Å². The molecule has 0 bridgehead atoms. The van der Waals surface area contributed by atoms with Crippen molar-refractivity contribution in [1.29, 1.82) is 0 Å². The van der Waals surface area contributed by atoms with E-state index < -0.39 is 0 Å². The quantitative estimate of drug-likeness (QED) is 0.578. The fourth-order valence-electron chi connectivity index (χ4n) is 3.50. The van der Waals surface area contributed by atoms with E-state index in [1.54, 1.807) is 41.7 Å². The molecule has 3 aromatic rings. The molecule has 1 aliphatic rings. The number of nitrogens with one attached hydrogen (secondary N) is 1. The van der Waals surface area contributed by atoms with Gasteiger partial charge in [-0.25, -0.2) is 4.98 Å². The number of rotatable bonds is 6. The zero-order valence-electron chi connectivity index (χ0n) is 16.9. The van der Waals surface area contributed by atoms with Gasteiger partial charge in [-0.3, -0.25) is 9.59 Å². The molecule has 0 spiro atoms. The number of hydrogen-bond acceptors (Lipinski definition) is 4. The molecular weight excluding hydrogens is 460 g/mol. The van der Waals surface area contributed by atoms with Gasteiger partial charge < -0.3 is 19.5 Å². The van der Waals surface area contributed by atoms with Gasteiger partial charge in [-0.2, -0.15) is 0 Å². The third-order valence-corrected chi connectivity index (χ3v) is 5.67. The van der Waals surface area contributed by atoms with Crippen LogP contribution in [0.4, 0.5) is 5.69 Å². The van der Waals surface area contributed by atoms with Gasteiger partial charge in [0.15, 0.2) is 0 Å². The summed E-state index contributed by atoms with van der Waals surface area (Å²) in [6.07, 6.45) is 5.34. The van der Waals surface area contributed by atoms with Crippen molar-refractivity contribution in [3.8, 4) is 0 Å².